The van der Waals surface area contributed by atoms with E-state index in [0.29, 0.717) is 6.04 Å². The van der Waals surface area contributed by atoms with Crippen LogP contribution in [-0.4, -0.2) is 22.8 Å². The molecule has 1 atom stereocenters. The summed E-state index contributed by atoms with van der Waals surface area (Å²) >= 11 is 0. The van der Waals surface area contributed by atoms with Crippen LogP contribution in [-0.2, 0) is 4.74 Å². The van der Waals surface area contributed by atoms with Gasteiger partial charge in [0.1, 0.15) is 0 Å². The largest absolute Gasteiger partial charge is 0.379 e. The third-order valence-corrected chi connectivity index (χ3v) is 2.08. The van der Waals surface area contributed by atoms with Crippen molar-refractivity contribution in [3.05, 3.63) is 18.7 Å². The molecule has 0 aromatic carbocycles. The second-order valence-corrected chi connectivity index (χ2v) is 2.88. The molecule has 0 amide bonds. The van der Waals surface area contributed by atoms with Crippen molar-refractivity contribution >= 4 is 0 Å². The molecule has 60 valence electrons. The summed E-state index contributed by atoms with van der Waals surface area (Å²) in [5, 5.41) is 0. The van der Waals surface area contributed by atoms with Crippen LogP contribution in [0.25, 0.3) is 0 Å². The van der Waals surface area contributed by atoms with Crippen molar-refractivity contribution in [1.29, 1.82) is 0 Å². The van der Waals surface area contributed by atoms with Crippen LogP contribution >= 0.6 is 0 Å². The van der Waals surface area contributed by atoms with E-state index in [2.05, 4.69) is 9.55 Å². The van der Waals surface area contributed by atoms with Crippen LogP contribution in [0, 0.1) is 0 Å². The van der Waals surface area contributed by atoms with Crippen molar-refractivity contribution in [2.45, 2.75) is 18.9 Å². The van der Waals surface area contributed by atoms with Crippen LogP contribution in [0.1, 0.15) is 18.9 Å². The average Bonchev–Trinajstić information content (AvgIpc) is 2.58. The number of ether oxygens (including phenoxy) is 1. The lowest BCUT2D eigenvalue weighted by molar-refractivity contribution is 0.0591. The maximum absolute atomic E-state index is 5.36. The molecule has 11 heavy (non-hydrogen) atoms. The molecule has 1 aliphatic rings. The summed E-state index contributed by atoms with van der Waals surface area (Å²) < 4.78 is 7.48. The van der Waals surface area contributed by atoms with Gasteiger partial charge in [-0.05, 0) is 12.8 Å². The van der Waals surface area contributed by atoms with Gasteiger partial charge in [-0.2, -0.15) is 0 Å². The van der Waals surface area contributed by atoms with Gasteiger partial charge in [-0.25, -0.2) is 4.98 Å². The van der Waals surface area contributed by atoms with Gasteiger partial charge in [0, 0.05) is 19.0 Å². The van der Waals surface area contributed by atoms with Crippen LogP contribution in [0.4, 0.5) is 0 Å². The first-order valence-electron chi connectivity index (χ1n) is 4.02. The molecule has 0 spiro atoms. The number of aromatic nitrogens is 2. The molecule has 0 bridgehead atoms. The average molecular weight is 152 g/mol. The maximum Gasteiger partial charge on any atom is 0.0949 e. The Morgan fingerprint density at radius 2 is 2.55 bits per heavy atom. The fourth-order valence-corrected chi connectivity index (χ4v) is 1.44. The monoisotopic (exact) mass is 152 g/mol. The van der Waals surface area contributed by atoms with Crippen LogP contribution < -0.4 is 0 Å². The third-order valence-electron chi connectivity index (χ3n) is 2.08. The van der Waals surface area contributed by atoms with Gasteiger partial charge in [-0.15, -0.1) is 0 Å². The number of hydrogen-bond donors (Lipinski definition) is 0. The van der Waals surface area contributed by atoms with Gasteiger partial charge < -0.3 is 9.30 Å². The highest BCUT2D eigenvalue weighted by Crippen LogP contribution is 2.18. The van der Waals surface area contributed by atoms with E-state index in [1.54, 1.807) is 0 Å². The number of imidazole rings is 1. The normalized spacial score (nSPS) is 25.3. The Hall–Kier alpha value is -0.830. The van der Waals surface area contributed by atoms with Gasteiger partial charge in [0.25, 0.3) is 0 Å². The molecule has 1 aromatic rings. The predicted octanol–water partition coefficient (Wildman–Crippen LogP) is 1.23. The van der Waals surface area contributed by atoms with Crippen LogP contribution in [0.2, 0.25) is 0 Å². The maximum atomic E-state index is 5.36. The fraction of sp³-hybridized carbons (Fsp3) is 0.625. The fourth-order valence-electron chi connectivity index (χ4n) is 1.44. The smallest absolute Gasteiger partial charge is 0.0949 e. The zero-order chi connectivity index (χ0) is 7.52. The quantitative estimate of drug-likeness (QED) is 0.605. The minimum absolute atomic E-state index is 0.520. The Labute approximate surface area is 66.0 Å². The highest BCUT2D eigenvalue weighted by molar-refractivity contribution is 4.81. The van der Waals surface area contributed by atoms with Gasteiger partial charge in [0.15, 0.2) is 0 Å². The van der Waals surface area contributed by atoms with E-state index in [-0.39, 0.29) is 0 Å². The van der Waals surface area contributed by atoms with Crippen LogP contribution in [0.15, 0.2) is 18.7 Å². The molecular formula is C8H12N2O. The third kappa shape index (κ3) is 1.43. The van der Waals surface area contributed by atoms with Crippen LogP contribution in [0.3, 0.4) is 0 Å². The summed E-state index contributed by atoms with van der Waals surface area (Å²) in [4.78, 5) is 4.00. The van der Waals surface area contributed by atoms with E-state index in [0.717, 1.165) is 13.2 Å². The van der Waals surface area contributed by atoms with E-state index >= 15 is 0 Å². The molecule has 3 nitrogen and oxygen atoms in total. The van der Waals surface area contributed by atoms with Gasteiger partial charge in [-0.3, -0.25) is 0 Å². The Bertz CT molecular complexity index is 202. The first-order valence-corrected chi connectivity index (χ1v) is 4.02. The van der Waals surface area contributed by atoms with Gasteiger partial charge in [0.2, 0.25) is 0 Å². The Balaban J connectivity index is 2.04. The molecule has 0 radical (unpaired) electrons. The molecular weight excluding hydrogens is 140 g/mol. The van der Waals surface area contributed by atoms with Gasteiger partial charge >= 0.3 is 0 Å². The summed E-state index contributed by atoms with van der Waals surface area (Å²) in [5.74, 6) is 0. The first-order chi connectivity index (χ1) is 5.47. The van der Waals surface area contributed by atoms with Crippen molar-refractivity contribution in [1.82, 2.24) is 9.55 Å². The topological polar surface area (TPSA) is 27.1 Å². The molecule has 0 N–H and O–H groups in total. The zero-order valence-electron chi connectivity index (χ0n) is 6.44. The van der Waals surface area contributed by atoms with E-state index in [9.17, 15) is 0 Å². The van der Waals surface area contributed by atoms with Crippen molar-refractivity contribution < 1.29 is 4.74 Å². The Morgan fingerprint density at radius 1 is 1.55 bits per heavy atom. The highest BCUT2D eigenvalue weighted by Gasteiger charge is 2.14. The standard InChI is InChI=1S/C8H12N2O/c1-2-8(6-11-5-1)10-4-3-9-7-10/h3-4,7-8H,1-2,5-6H2. The van der Waals surface area contributed by atoms with E-state index in [4.69, 9.17) is 4.74 Å². The SMILES string of the molecule is c1cn(C2CCCOC2)cn1. The lowest BCUT2D eigenvalue weighted by atomic mass is 10.1. The lowest BCUT2D eigenvalue weighted by Gasteiger charge is -2.22. The van der Waals surface area contributed by atoms with Crippen molar-refractivity contribution in [2.75, 3.05) is 13.2 Å². The molecule has 1 saturated heterocycles. The van der Waals surface area contributed by atoms with Crippen molar-refractivity contribution in [3.8, 4) is 0 Å². The zero-order valence-corrected chi connectivity index (χ0v) is 6.44. The van der Waals surface area contributed by atoms with Crippen LogP contribution in [0.5, 0.6) is 0 Å². The van der Waals surface area contributed by atoms with Gasteiger partial charge in [0.05, 0.1) is 19.0 Å². The lowest BCUT2D eigenvalue weighted by Crippen LogP contribution is -2.19. The molecule has 1 fully saturated rings. The number of rotatable bonds is 1. The second kappa shape index (κ2) is 3.05. The molecule has 2 rings (SSSR count). The predicted molar refractivity (Wildman–Crippen MR) is 41.3 cm³/mol. The van der Waals surface area contributed by atoms with Gasteiger partial charge in [-0.1, -0.05) is 0 Å². The summed E-state index contributed by atoms with van der Waals surface area (Å²) in [7, 11) is 0. The van der Waals surface area contributed by atoms with Crippen molar-refractivity contribution in [2.24, 2.45) is 0 Å². The van der Waals surface area contributed by atoms with Crippen molar-refractivity contribution in [3.63, 3.8) is 0 Å². The summed E-state index contributed by atoms with van der Waals surface area (Å²) in [6, 6.07) is 0.520. The number of nitrogens with zero attached hydrogens (tertiary/aromatic N) is 2. The molecule has 1 aromatic heterocycles. The minimum atomic E-state index is 0.520. The van der Waals surface area contributed by atoms with E-state index in [1.807, 2.05) is 18.7 Å². The Morgan fingerprint density at radius 3 is 3.18 bits per heavy atom. The molecule has 3 heteroatoms. The first kappa shape index (κ1) is 6.85. The molecule has 1 aliphatic heterocycles. The van der Waals surface area contributed by atoms with E-state index in [1.165, 1.54) is 12.8 Å². The molecule has 1 unspecified atom stereocenters. The molecule has 0 saturated carbocycles. The second-order valence-electron chi connectivity index (χ2n) is 2.88. The Kier molecular flexibility index (Phi) is 1.90. The number of hydrogen-bond acceptors (Lipinski definition) is 2. The molecule has 0 aliphatic carbocycles. The summed E-state index contributed by atoms with van der Waals surface area (Å²) in [6.45, 7) is 1.77. The van der Waals surface area contributed by atoms with E-state index < -0.39 is 0 Å². The summed E-state index contributed by atoms with van der Waals surface area (Å²) in [6.07, 6.45) is 8.06. The summed E-state index contributed by atoms with van der Waals surface area (Å²) in [5.41, 5.74) is 0. The molecule has 2 heterocycles. The minimum Gasteiger partial charge on any atom is -0.379 e. The highest BCUT2D eigenvalue weighted by atomic mass is 16.5.